The number of aliphatic hydroxyl groups excluding tert-OH is 1. The van der Waals surface area contributed by atoms with Crippen molar-refractivity contribution in [3.63, 3.8) is 0 Å². The highest BCUT2D eigenvalue weighted by molar-refractivity contribution is 6.29. The van der Waals surface area contributed by atoms with Crippen molar-refractivity contribution in [1.82, 2.24) is 4.98 Å². The highest BCUT2D eigenvalue weighted by atomic mass is 35.5. The molecule has 0 aliphatic heterocycles. The van der Waals surface area contributed by atoms with E-state index in [1.807, 2.05) is 11.8 Å². The third kappa shape index (κ3) is 3.18. The Morgan fingerprint density at radius 3 is 2.81 bits per heavy atom. The summed E-state index contributed by atoms with van der Waals surface area (Å²) in [5.74, 6) is 0. The first kappa shape index (κ1) is 12.9. The minimum atomic E-state index is 0.0426. The number of pyridine rings is 1. The second kappa shape index (κ2) is 6.45. The molecule has 0 saturated carbocycles. The zero-order chi connectivity index (χ0) is 12.0. The van der Waals surface area contributed by atoms with E-state index in [9.17, 15) is 4.79 Å². The monoisotopic (exact) mass is 242 g/mol. The van der Waals surface area contributed by atoms with E-state index in [4.69, 9.17) is 16.7 Å². The first-order valence-electron chi connectivity index (χ1n) is 5.20. The van der Waals surface area contributed by atoms with Crippen LogP contribution in [0.2, 0.25) is 5.15 Å². The molecule has 0 saturated heterocycles. The molecule has 1 aromatic rings. The van der Waals surface area contributed by atoms with Crippen LogP contribution in [0, 0.1) is 0 Å². The Kier molecular flexibility index (Phi) is 5.22. The van der Waals surface area contributed by atoms with Gasteiger partial charge in [0.15, 0.2) is 6.29 Å². The van der Waals surface area contributed by atoms with Crippen LogP contribution in [0.25, 0.3) is 0 Å². The Morgan fingerprint density at radius 1 is 1.50 bits per heavy atom. The molecule has 1 N–H and O–H groups in total. The number of carbonyl (C=O) groups is 1. The lowest BCUT2D eigenvalue weighted by molar-refractivity contribution is 0.111. The summed E-state index contributed by atoms with van der Waals surface area (Å²) in [6.45, 7) is 3.33. The molecular formula is C11H15ClN2O2. The van der Waals surface area contributed by atoms with Crippen LogP contribution in [-0.4, -0.2) is 36.1 Å². The summed E-state index contributed by atoms with van der Waals surface area (Å²) in [7, 11) is 0. The summed E-state index contributed by atoms with van der Waals surface area (Å²) in [6, 6.07) is 3.40. The highest BCUT2D eigenvalue weighted by Crippen LogP contribution is 2.20. The van der Waals surface area contributed by atoms with Gasteiger partial charge in [-0.05, 0) is 18.6 Å². The summed E-state index contributed by atoms with van der Waals surface area (Å²) in [5.41, 5.74) is 1.03. The smallest absolute Gasteiger partial charge is 0.170 e. The van der Waals surface area contributed by atoms with Crippen LogP contribution in [-0.2, 0) is 0 Å². The lowest BCUT2D eigenvalue weighted by atomic mass is 10.2. The lowest BCUT2D eigenvalue weighted by Gasteiger charge is -2.24. The van der Waals surface area contributed by atoms with Gasteiger partial charge in [0.25, 0.3) is 0 Å². The summed E-state index contributed by atoms with van der Waals surface area (Å²) in [6.07, 6.45) is 1.61. The third-order valence-electron chi connectivity index (χ3n) is 2.18. The van der Waals surface area contributed by atoms with E-state index in [2.05, 4.69) is 4.98 Å². The Hall–Kier alpha value is -1.13. The van der Waals surface area contributed by atoms with Crippen molar-refractivity contribution < 1.29 is 9.90 Å². The molecule has 0 atom stereocenters. The first-order chi connectivity index (χ1) is 7.72. The summed E-state index contributed by atoms with van der Waals surface area (Å²) in [4.78, 5) is 16.8. The number of anilines is 1. The predicted molar refractivity (Wildman–Crippen MR) is 64.2 cm³/mol. The minimum Gasteiger partial charge on any atom is -0.395 e. The topological polar surface area (TPSA) is 53.4 Å². The van der Waals surface area contributed by atoms with Crippen LogP contribution in [0.4, 0.5) is 5.69 Å². The molecule has 1 rings (SSSR count). The van der Waals surface area contributed by atoms with E-state index in [0.717, 1.165) is 18.7 Å². The fourth-order valence-corrected chi connectivity index (χ4v) is 1.69. The summed E-state index contributed by atoms with van der Waals surface area (Å²) >= 11 is 5.72. The third-order valence-corrected chi connectivity index (χ3v) is 2.39. The normalized spacial score (nSPS) is 10.2. The molecule has 0 bridgehead atoms. The maximum atomic E-state index is 10.9. The average Bonchev–Trinajstić information content (AvgIpc) is 2.28. The van der Waals surface area contributed by atoms with E-state index in [0.29, 0.717) is 23.7 Å². The van der Waals surface area contributed by atoms with Crippen LogP contribution in [0.3, 0.4) is 0 Å². The van der Waals surface area contributed by atoms with Crippen molar-refractivity contribution in [3.8, 4) is 0 Å². The molecule has 1 heterocycles. The molecule has 0 fully saturated rings. The van der Waals surface area contributed by atoms with Crippen LogP contribution < -0.4 is 4.90 Å². The standard InChI is InChI=1S/C11H15ClN2O2/c1-2-5-14(6-7-15)10-3-4-11(12)13-9(10)8-16/h3-4,8,15H,2,5-7H2,1H3. The van der Waals surface area contributed by atoms with Gasteiger partial charge in [0.05, 0.1) is 12.3 Å². The van der Waals surface area contributed by atoms with Gasteiger partial charge in [-0.3, -0.25) is 4.79 Å². The number of hydrogen-bond donors (Lipinski definition) is 1. The van der Waals surface area contributed by atoms with Crippen LogP contribution in [0.5, 0.6) is 0 Å². The maximum Gasteiger partial charge on any atom is 0.170 e. The second-order valence-electron chi connectivity index (χ2n) is 3.37. The van der Waals surface area contributed by atoms with Crippen LogP contribution in [0.15, 0.2) is 12.1 Å². The lowest BCUT2D eigenvalue weighted by Crippen LogP contribution is -2.28. The van der Waals surface area contributed by atoms with Gasteiger partial charge in [-0.15, -0.1) is 0 Å². The van der Waals surface area contributed by atoms with E-state index < -0.39 is 0 Å². The van der Waals surface area contributed by atoms with Crippen molar-refractivity contribution in [1.29, 1.82) is 0 Å². The van der Waals surface area contributed by atoms with Crippen molar-refractivity contribution in [2.24, 2.45) is 0 Å². The quantitative estimate of drug-likeness (QED) is 0.610. The number of rotatable bonds is 6. The number of nitrogens with zero attached hydrogens (tertiary/aromatic N) is 2. The SMILES string of the molecule is CCCN(CCO)c1ccc(Cl)nc1C=O. The maximum absolute atomic E-state index is 10.9. The first-order valence-corrected chi connectivity index (χ1v) is 5.58. The van der Waals surface area contributed by atoms with Gasteiger partial charge in [0, 0.05) is 13.1 Å². The van der Waals surface area contributed by atoms with Crippen molar-refractivity contribution in [3.05, 3.63) is 23.0 Å². The largest absolute Gasteiger partial charge is 0.395 e. The molecule has 0 aliphatic carbocycles. The Morgan fingerprint density at radius 2 is 2.25 bits per heavy atom. The highest BCUT2D eigenvalue weighted by Gasteiger charge is 2.11. The number of hydrogen-bond acceptors (Lipinski definition) is 4. The predicted octanol–water partition coefficient (Wildman–Crippen LogP) is 1.76. The van der Waals surface area contributed by atoms with Crippen molar-refractivity contribution in [2.45, 2.75) is 13.3 Å². The van der Waals surface area contributed by atoms with Gasteiger partial charge in [-0.2, -0.15) is 0 Å². The number of halogens is 1. The number of aldehydes is 1. The van der Waals surface area contributed by atoms with Crippen molar-refractivity contribution in [2.75, 3.05) is 24.6 Å². The summed E-state index contributed by atoms with van der Waals surface area (Å²) < 4.78 is 0. The Balaban J connectivity index is 3.02. The van der Waals surface area contributed by atoms with Gasteiger partial charge >= 0.3 is 0 Å². The fourth-order valence-electron chi connectivity index (χ4n) is 1.54. The molecule has 4 nitrogen and oxygen atoms in total. The second-order valence-corrected chi connectivity index (χ2v) is 3.75. The molecule has 0 radical (unpaired) electrons. The Bertz CT molecular complexity index is 352. The molecule has 0 amide bonds. The minimum absolute atomic E-state index is 0.0426. The molecule has 0 aliphatic rings. The molecule has 1 aromatic heterocycles. The van der Waals surface area contributed by atoms with Gasteiger partial charge in [0.1, 0.15) is 10.8 Å². The van der Waals surface area contributed by atoms with Crippen LogP contribution in [0.1, 0.15) is 23.8 Å². The van der Waals surface area contributed by atoms with Gasteiger partial charge in [-0.25, -0.2) is 4.98 Å². The fraction of sp³-hybridized carbons (Fsp3) is 0.455. The number of aromatic nitrogens is 1. The molecule has 16 heavy (non-hydrogen) atoms. The molecule has 0 aromatic carbocycles. The zero-order valence-corrected chi connectivity index (χ0v) is 9.94. The van der Waals surface area contributed by atoms with Crippen molar-refractivity contribution >= 4 is 23.6 Å². The van der Waals surface area contributed by atoms with E-state index in [-0.39, 0.29) is 6.61 Å². The van der Waals surface area contributed by atoms with E-state index >= 15 is 0 Å². The van der Waals surface area contributed by atoms with Gasteiger partial charge < -0.3 is 10.0 Å². The zero-order valence-electron chi connectivity index (χ0n) is 9.19. The van der Waals surface area contributed by atoms with Crippen LogP contribution >= 0.6 is 11.6 Å². The molecule has 5 heteroatoms. The van der Waals surface area contributed by atoms with Gasteiger partial charge in [-0.1, -0.05) is 18.5 Å². The molecule has 0 unspecified atom stereocenters. The average molecular weight is 243 g/mol. The molecular weight excluding hydrogens is 228 g/mol. The number of aliphatic hydroxyl groups is 1. The Labute approximate surface area is 99.9 Å². The number of carbonyl (C=O) groups excluding carboxylic acids is 1. The van der Waals surface area contributed by atoms with E-state index in [1.165, 1.54) is 0 Å². The van der Waals surface area contributed by atoms with Gasteiger partial charge in [0.2, 0.25) is 0 Å². The summed E-state index contributed by atoms with van der Waals surface area (Å²) in [5, 5.41) is 9.26. The molecule has 88 valence electrons. The molecule has 0 spiro atoms. The van der Waals surface area contributed by atoms with E-state index in [1.54, 1.807) is 12.1 Å².